The molecule has 2 radical (unpaired) electrons. The Morgan fingerprint density at radius 2 is 1.52 bits per heavy atom. The van der Waals surface area contributed by atoms with E-state index in [9.17, 15) is 0 Å². The average molecular weight is 377 g/mol. The van der Waals surface area contributed by atoms with Crippen molar-refractivity contribution in [3.05, 3.63) is 78.5 Å². The lowest BCUT2D eigenvalue weighted by Gasteiger charge is -2.46. The van der Waals surface area contributed by atoms with Crippen LogP contribution >= 0.6 is 0 Å². The Morgan fingerprint density at radius 3 is 2.31 bits per heavy atom. The second-order valence-corrected chi connectivity index (χ2v) is 9.08. The largest absolute Gasteiger partial charge is 0.256 e. The maximum atomic E-state index is 6.97. The van der Waals surface area contributed by atoms with Crippen molar-refractivity contribution < 1.29 is 0 Å². The van der Waals surface area contributed by atoms with E-state index in [0.29, 0.717) is 0 Å². The molecule has 0 saturated heterocycles. The molecule has 3 unspecified atom stereocenters. The number of hydrogen-bond acceptors (Lipinski definition) is 1. The van der Waals surface area contributed by atoms with Gasteiger partial charge in [0.1, 0.15) is 0 Å². The fourth-order valence-corrected chi connectivity index (χ4v) is 5.58. The molecule has 5 rings (SSSR count). The van der Waals surface area contributed by atoms with Crippen molar-refractivity contribution in [3.8, 4) is 22.4 Å². The summed E-state index contributed by atoms with van der Waals surface area (Å²) in [4.78, 5) is 4.56. The van der Waals surface area contributed by atoms with Crippen LogP contribution in [0, 0.1) is 11.8 Å². The molecule has 1 heterocycles. The summed E-state index contributed by atoms with van der Waals surface area (Å²) in [7, 11) is 6.97. The molecule has 2 aliphatic rings. The van der Waals surface area contributed by atoms with Crippen LogP contribution < -0.4 is 0 Å². The zero-order valence-electron chi connectivity index (χ0n) is 17.1. The minimum atomic E-state index is -0.148. The van der Waals surface area contributed by atoms with Gasteiger partial charge >= 0.3 is 0 Å². The normalized spacial score (nSPS) is 26.6. The maximum Gasteiger partial charge on any atom is 0.0810 e. The summed E-state index contributed by atoms with van der Waals surface area (Å²) in [6.45, 7) is 0. The van der Waals surface area contributed by atoms with Gasteiger partial charge in [-0.3, -0.25) is 4.98 Å². The minimum Gasteiger partial charge on any atom is -0.256 e. The van der Waals surface area contributed by atoms with Gasteiger partial charge < -0.3 is 0 Å². The molecule has 2 aliphatic carbocycles. The Labute approximate surface area is 176 Å². The molecule has 2 heteroatoms. The second-order valence-electron chi connectivity index (χ2n) is 9.08. The predicted octanol–water partition coefficient (Wildman–Crippen LogP) is 6.77. The Hall–Kier alpha value is -2.35. The summed E-state index contributed by atoms with van der Waals surface area (Å²) in [5.41, 5.74) is 5.90. The van der Waals surface area contributed by atoms with E-state index < -0.39 is 0 Å². The summed E-state index contributed by atoms with van der Waals surface area (Å²) in [5, 5.41) is -0.148. The first-order chi connectivity index (χ1) is 14.2. The van der Waals surface area contributed by atoms with Crippen molar-refractivity contribution in [3.63, 3.8) is 0 Å². The van der Waals surface area contributed by atoms with Crippen molar-refractivity contribution in [1.82, 2.24) is 4.98 Å². The Bertz CT molecular complexity index is 965. The van der Waals surface area contributed by atoms with Gasteiger partial charge in [-0.2, -0.15) is 0 Å². The van der Waals surface area contributed by atoms with E-state index in [4.69, 9.17) is 7.85 Å². The number of rotatable bonds is 3. The van der Waals surface area contributed by atoms with Gasteiger partial charge in [0.05, 0.1) is 13.5 Å². The first-order valence-electron chi connectivity index (χ1n) is 11.1. The molecule has 0 bridgehead atoms. The molecule has 0 aliphatic heterocycles. The minimum absolute atomic E-state index is 0.148. The van der Waals surface area contributed by atoms with Gasteiger partial charge in [-0.05, 0) is 46.8 Å². The number of aromatic nitrogens is 1. The van der Waals surface area contributed by atoms with Crippen LogP contribution in [0.5, 0.6) is 0 Å². The van der Waals surface area contributed by atoms with Crippen LogP contribution in [-0.2, 0) is 5.31 Å². The SMILES string of the molecule is [B]C1(c2ccc(-c3ccnc(-c4ccccc4)c3)cc2)CCC2CCCCC2C1. The summed E-state index contributed by atoms with van der Waals surface area (Å²) < 4.78 is 0. The molecule has 2 saturated carbocycles. The summed E-state index contributed by atoms with van der Waals surface area (Å²) >= 11 is 0. The molecule has 144 valence electrons. The Morgan fingerprint density at radius 1 is 0.759 bits per heavy atom. The molecule has 29 heavy (non-hydrogen) atoms. The topological polar surface area (TPSA) is 12.9 Å². The maximum absolute atomic E-state index is 6.97. The van der Waals surface area contributed by atoms with Gasteiger partial charge in [-0.25, -0.2) is 0 Å². The van der Waals surface area contributed by atoms with Crippen LogP contribution in [-0.4, -0.2) is 12.8 Å². The molecular formula is C27H28BN. The second kappa shape index (κ2) is 7.82. The summed E-state index contributed by atoms with van der Waals surface area (Å²) in [6.07, 6.45) is 11.1. The molecule has 2 fully saturated rings. The molecule has 1 aromatic heterocycles. The monoisotopic (exact) mass is 377 g/mol. The highest BCUT2D eigenvalue weighted by Crippen LogP contribution is 2.48. The summed E-state index contributed by atoms with van der Waals surface area (Å²) in [5.74, 6) is 1.75. The Balaban J connectivity index is 1.38. The zero-order valence-corrected chi connectivity index (χ0v) is 17.1. The van der Waals surface area contributed by atoms with Crippen LogP contribution in [0.3, 0.4) is 0 Å². The van der Waals surface area contributed by atoms with E-state index >= 15 is 0 Å². The van der Waals surface area contributed by atoms with E-state index in [-0.39, 0.29) is 5.31 Å². The number of hydrogen-bond donors (Lipinski definition) is 0. The van der Waals surface area contributed by atoms with Crippen molar-refractivity contribution in [2.24, 2.45) is 11.8 Å². The van der Waals surface area contributed by atoms with E-state index in [1.54, 1.807) is 0 Å². The highest BCUT2D eigenvalue weighted by atomic mass is 14.7. The van der Waals surface area contributed by atoms with Crippen molar-refractivity contribution >= 4 is 7.85 Å². The quantitative estimate of drug-likeness (QED) is 0.459. The van der Waals surface area contributed by atoms with Gasteiger partial charge in [0.2, 0.25) is 0 Å². The molecule has 2 aromatic carbocycles. The first-order valence-corrected chi connectivity index (χ1v) is 11.1. The Kier molecular flexibility index (Phi) is 5.03. The van der Waals surface area contributed by atoms with Gasteiger partial charge in [0, 0.05) is 11.8 Å². The third-order valence-corrected chi connectivity index (χ3v) is 7.28. The molecule has 0 spiro atoms. The fraction of sp³-hybridized carbons (Fsp3) is 0.370. The highest BCUT2D eigenvalue weighted by molar-refractivity contribution is 6.16. The van der Waals surface area contributed by atoms with Gasteiger partial charge in [-0.1, -0.05) is 98.7 Å². The van der Waals surface area contributed by atoms with Gasteiger partial charge in [0.15, 0.2) is 0 Å². The predicted molar refractivity (Wildman–Crippen MR) is 122 cm³/mol. The number of pyridine rings is 1. The van der Waals surface area contributed by atoms with Crippen LogP contribution in [0.2, 0.25) is 0 Å². The average Bonchev–Trinajstić information content (AvgIpc) is 2.80. The van der Waals surface area contributed by atoms with Crippen LogP contribution in [0.15, 0.2) is 72.9 Å². The fourth-order valence-electron chi connectivity index (χ4n) is 5.58. The highest BCUT2D eigenvalue weighted by Gasteiger charge is 2.39. The molecule has 0 N–H and O–H groups in total. The number of benzene rings is 2. The van der Waals surface area contributed by atoms with E-state index in [0.717, 1.165) is 35.9 Å². The number of fused-ring (bicyclic) bond motifs is 1. The molecule has 3 atom stereocenters. The lowest BCUT2D eigenvalue weighted by atomic mass is 9.51. The number of nitrogens with zero attached hydrogens (tertiary/aromatic N) is 1. The van der Waals surface area contributed by atoms with E-state index in [1.165, 1.54) is 48.8 Å². The third kappa shape index (κ3) is 3.78. The standard InChI is InChI=1S/C27H28BN/c28-27(16-14-20-6-4-5-9-24(20)19-27)25-12-10-21(11-13-25)23-15-17-29-26(18-23)22-7-2-1-3-8-22/h1-3,7-8,10-13,15,17-18,20,24H,4-6,9,14,16,19H2. The van der Waals surface area contributed by atoms with Crippen LogP contribution in [0.4, 0.5) is 0 Å². The molecular weight excluding hydrogens is 349 g/mol. The summed E-state index contributed by atoms with van der Waals surface area (Å²) in [6, 6.07) is 23.6. The lowest BCUT2D eigenvalue weighted by molar-refractivity contribution is 0.141. The first kappa shape index (κ1) is 18.7. The van der Waals surface area contributed by atoms with Gasteiger partial charge in [0.25, 0.3) is 0 Å². The molecule has 1 nitrogen and oxygen atoms in total. The lowest BCUT2D eigenvalue weighted by Crippen LogP contribution is -2.38. The van der Waals surface area contributed by atoms with Crippen molar-refractivity contribution in [2.45, 2.75) is 50.3 Å². The third-order valence-electron chi connectivity index (χ3n) is 7.28. The smallest absolute Gasteiger partial charge is 0.0810 e. The molecule has 0 amide bonds. The van der Waals surface area contributed by atoms with Crippen LogP contribution in [0.1, 0.15) is 50.5 Å². The van der Waals surface area contributed by atoms with Gasteiger partial charge in [-0.15, -0.1) is 0 Å². The van der Waals surface area contributed by atoms with Crippen molar-refractivity contribution in [1.29, 1.82) is 0 Å². The zero-order chi connectivity index (χ0) is 19.7. The molecule has 3 aromatic rings. The van der Waals surface area contributed by atoms with Crippen LogP contribution in [0.25, 0.3) is 22.4 Å². The van der Waals surface area contributed by atoms with E-state index in [2.05, 4.69) is 65.6 Å². The van der Waals surface area contributed by atoms with Crippen molar-refractivity contribution in [2.75, 3.05) is 0 Å². The van der Waals surface area contributed by atoms with E-state index in [1.807, 2.05) is 12.3 Å².